The molecule has 2 unspecified atom stereocenters. The Bertz CT molecular complexity index is 2030. The van der Waals surface area contributed by atoms with Crippen molar-refractivity contribution in [3.05, 3.63) is 57.3 Å². The zero-order valence-corrected chi connectivity index (χ0v) is 30.1. The van der Waals surface area contributed by atoms with E-state index in [1.165, 1.54) is 13.8 Å². The van der Waals surface area contributed by atoms with Gasteiger partial charge in [0.15, 0.2) is 6.04 Å². The second-order valence-electron chi connectivity index (χ2n) is 14.4. The van der Waals surface area contributed by atoms with E-state index in [1.807, 2.05) is 43.9 Å². The normalized spacial score (nSPS) is 22.0. The molecule has 5 rings (SSSR count). The molecule has 2 aromatic rings. The largest absolute Gasteiger partial charge is 0.506 e. The number of fused-ring (bicyclic) bond motifs is 2. The van der Waals surface area contributed by atoms with Crippen LogP contribution in [0.15, 0.2) is 30.0 Å². The number of anilines is 3. The van der Waals surface area contributed by atoms with E-state index in [1.54, 1.807) is 6.07 Å². The number of aliphatic hydroxyl groups is 1. The van der Waals surface area contributed by atoms with E-state index in [4.69, 9.17) is 0 Å². The van der Waals surface area contributed by atoms with Crippen molar-refractivity contribution in [1.29, 1.82) is 0 Å². The highest BCUT2D eigenvalue weighted by Crippen LogP contribution is 2.50. The maximum atomic E-state index is 14.2. The Labute approximate surface area is 282 Å². The molecule has 0 radical (unpaired) electrons. The van der Waals surface area contributed by atoms with E-state index in [-0.39, 0.29) is 58.4 Å². The van der Waals surface area contributed by atoms with Crippen LogP contribution in [0.1, 0.15) is 91.8 Å². The van der Waals surface area contributed by atoms with E-state index >= 15 is 0 Å². The molecule has 2 aliphatic heterocycles. The average molecular weight is 680 g/mol. The summed E-state index contributed by atoms with van der Waals surface area (Å²) in [5.74, 6) is -1.68. The van der Waals surface area contributed by atoms with Crippen molar-refractivity contribution < 1.29 is 32.5 Å². The smallest absolute Gasteiger partial charge is 0.264 e. The van der Waals surface area contributed by atoms with Crippen LogP contribution in [0.4, 0.5) is 17.1 Å². The predicted octanol–water partition coefficient (Wildman–Crippen LogP) is 3.65. The van der Waals surface area contributed by atoms with Gasteiger partial charge in [-0.15, -0.1) is 0 Å². The summed E-state index contributed by atoms with van der Waals surface area (Å²) in [7, 11) is -4.13. The SMILES string of the molecule is CCC[N+]1=c2cc(NC(C)=O)/c(=C3\C(=O)C(c4cc5c(cc4NC(C)=O)N(CCCS(=O)(=O)O)C(C)C5(C)C)=C3O)cc2C(C)(C)C1C. The van der Waals surface area contributed by atoms with Gasteiger partial charge in [0.1, 0.15) is 12.3 Å². The molecule has 0 fully saturated rings. The van der Waals surface area contributed by atoms with Crippen LogP contribution in [0.2, 0.25) is 0 Å². The number of rotatable bonds is 9. The van der Waals surface area contributed by atoms with E-state index in [0.717, 1.165) is 35.1 Å². The topological polar surface area (TPSA) is 156 Å². The summed E-state index contributed by atoms with van der Waals surface area (Å²) in [5, 5.41) is 18.8. The van der Waals surface area contributed by atoms with Crippen LogP contribution >= 0.6 is 0 Å². The molecule has 1 aliphatic carbocycles. The fourth-order valence-corrected chi connectivity index (χ4v) is 8.01. The maximum Gasteiger partial charge on any atom is 0.264 e. The maximum absolute atomic E-state index is 14.2. The number of hydrogen-bond donors (Lipinski definition) is 4. The Morgan fingerprint density at radius 1 is 0.938 bits per heavy atom. The summed E-state index contributed by atoms with van der Waals surface area (Å²) >= 11 is 0. The highest BCUT2D eigenvalue weighted by Gasteiger charge is 2.47. The molecule has 11 nitrogen and oxygen atoms in total. The first-order valence-electron chi connectivity index (χ1n) is 16.5. The number of carbonyl (C=O) groups excluding carboxylic acids is 3. The van der Waals surface area contributed by atoms with Crippen LogP contribution < -0.4 is 30.7 Å². The van der Waals surface area contributed by atoms with Crippen molar-refractivity contribution in [2.45, 2.75) is 98.1 Å². The number of nitrogens with zero attached hydrogens (tertiary/aromatic N) is 2. The fourth-order valence-electron chi connectivity index (χ4n) is 7.52. The molecule has 4 N–H and O–H groups in total. The minimum Gasteiger partial charge on any atom is -0.506 e. The molecule has 2 heterocycles. The summed E-state index contributed by atoms with van der Waals surface area (Å²) in [6.07, 6.45) is 1.14. The molecule has 258 valence electrons. The first-order chi connectivity index (χ1) is 22.2. The number of carbonyl (C=O) groups is 3. The van der Waals surface area contributed by atoms with Crippen molar-refractivity contribution in [3.63, 3.8) is 0 Å². The van der Waals surface area contributed by atoms with Crippen LogP contribution in [-0.2, 0) is 35.3 Å². The molecule has 12 heteroatoms. The van der Waals surface area contributed by atoms with Gasteiger partial charge in [-0.25, -0.2) is 4.58 Å². The minimum atomic E-state index is -4.13. The Morgan fingerprint density at radius 2 is 1.56 bits per heavy atom. The van der Waals surface area contributed by atoms with Crippen molar-refractivity contribution >= 4 is 55.9 Å². The van der Waals surface area contributed by atoms with Crippen molar-refractivity contribution in [3.8, 4) is 0 Å². The standard InChI is InChI=1S/C36H46N4O7S/c1-10-12-39-19(2)35(6,7)25-15-23(27(17-29(25)39)37-21(4)41)31-33(43)32(34(31)44)24-16-26-30(18-28(24)38-22(5)42)40(20(3)36(26,8)9)13-11-14-48(45,46)47/h15-20H,10-14H2,1-9H3,(H3,37,38,41,42,43,44,45,46,47)/p+1. The van der Waals surface area contributed by atoms with Crippen molar-refractivity contribution in [2.75, 3.05) is 34.4 Å². The molecule has 48 heavy (non-hydrogen) atoms. The van der Waals surface area contributed by atoms with E-state index in [2.05, 4.69) is 42.9 Å². The van der Waals surface area contributed by atoms with Crippen LogP contribution in [0.3, 0.4) is 0 Å². The molecule has 0 saturated heterocycles. The number of amides is 2. The lowest BCUT2D eigenvalue weighted by Gasteiger charge is -2.31. The van der Waals surface area contributed by atoms with Gasteiger partial charge in [-0.3, -0.25) is 18.9 Å². The summed E-state index contributed by atoms with van der Waals surface area (Å²) < 4.78 is 34.4. The lowest BCUT2D eigenvalue weighted by molar-refractivity contribution is -0.115. The van der Waals surface area contributed by atoms with E-state index in [9.17, 15) is 32.5 Å². The minimum absolute atomic E-state index is 0.0688. The molecular formula is C36H47N4O7S+. The van der Waals surface area contributed by atoms with Crippen molar-refractivity contribution in [2.24, 2.45) is 0 Å². The number of allylic oxidation sites excluding steroid dienone is 2. The second kappa shape index (κ2) is 12.1. The third kappa shape index (κ3) is 5.83. The zero-order valence-electron chi connectivity index (χ0n) is 29.2. The Kier molecular flexibility index (Phi) is 8.92. The molecule has 2 atom stereocenters. The van der Waals surface area contributed by atoms with Gasteiger partial charge >= 0.3 is 0 Å². The molecule has 0 spiro atoms. The van der Waals surface area contributed by atoms with Gasteiger partial charge in [0.25, 0.3) is 10.1 Å². The summed E-state index contributed by atoms with van der Waals surface area (Å²) in [4.78, 5) is 41.0. The molecule has 3 aliphatic rings. The average Bonchev–Trinajstić information content (AvgIpc) is 3.26. The third-order valence-electron chi connectivity index (χ3n) is 10.7. The van der Waals surface area contributed by atoms with E-state index in [0.29, 0.717) is 28.7 Å². The third-order valence-corrected chi connectivity index (χ3v) is 11.5. The molecule has 0 saturated carbocycles. The van der Waals surface area contributed by atoms with Crippen LogP contribution in [-0.4, -0.2) is 66.6 Å². The Morgan fingerprint density at radius 3 is 2.12 bits per heavy atom. The quantitative estimate of drug-likeness (QED) is 0.231. The molecule has 2 amide bonds. The molecule has 2 aromatic carbocycles. The number of Topliss-reactive ketones (excluding diaryl/α,β-unsaturated/α-hetero) is 1. The number of aliphatic hydroxyl groups excluding tert-OH is 1. The monoisotopic (exact) mass is 679 g/mol. The van der Waals surface area contributed by atoms with Gasteiger partial charge in [0.05, 0.1) is 33.7 Å². The molecule has 0 aromatic heterocycles. The molecule has 0 bridgehead atoms. The lowest BCUT2D eigenvalue weighted by Crippen LogP contribution is -2.39. The second-order valence-corrected chi connectivity index (χ2v) is 16.0. The van der Waals surface area contributed by atoms with Gasteiger partial charge in [-0.05, 0) is 57.9 Å². The summed E-state index contributed by atoms with van der Waals surface area (Å²) in [6, 6.07) is 7.49. The van der Waals surface area contributed by atoms with Gasteiger partial charge < -0.3 is 20.6 Å². The zero-order chi connectivity index (χ0) is 35.7. The van der Waals surface area contributed by atoms with Crippen LogP contribution in [0, 0.1) is 0 Å². The first kappa shape index (κ1) is 35.3. The summed E-state index contributed by atoms with van der Waals surface area (Å²) in [6.45, 7) is 18.6. The number of nitrogens with one attached hydrogen (secondary N) is 2. The van der Waals surface area contributed by atoms with Crippen LogP contribution in [0.5, 0.6) is 0 Å². The van der Waals surface area contributed by atoms with Gasteiger partial charge in [-0.2, -0.15) is 8.42 Å². The van der Waals surface area contributed by atoms with Gasteiger partial charge in [-0.1, -0.05) is 20.8 Å². The van der Waals surface area contributed by atoms with Gasteiger partial charge in [0, 0.05) is 66.4 Å². The summed E-state index contributed by atoms with van der Waals surface area (Å²) in [5.41, 5.74) is 3.27. The first-order valence-corrected chi connectivity index (χ1v) is 18.1. The highest BCUT2D eigenvalue weighted by atomic mass is 32.2. The highest BCUT2D eigenvalue weighted by molar-refractivity contribution is 7.85. The predicted molar refractivity (Wildman–Crippen MR) is 188 cm³/mol. The number of ketones is 1. The number of hydrogen-bond acceptors (Lipinski definition) is 7. The molecular weight excluding hydrogens is 632 g/mol. The fraction of sp³-hybridized carbons (Fsp3) is 0.500. The van der Waals surface area contributed by atoms with Gasteiger partial charge in [0.2, 0.25) is 23.0 Å². The Balaban J connectivity index is 1.72. The van der Waals surface area contributed by atoms with Crippen LogP contribution in [0.25, 0.3) is 11.1 Å². The Hall–Kier alpha value is -4.03. The van der Waals surface area contributed by atoms with Crippen molar-refractivity contribution in [1.82, 2.24) is 4.58 Å². The number of benzene rings is 2. The van der Waals surface area contributed by atoms with E-state index < -0.39 is 21.3 Å². The lowest BCUT2D eigenvalue weighted by atomic mass is 9.76.